The Hall–Kier alpha value is -3.75. The average molecular weight is 627 g/mol. The fourth-order valence-corrected chi connectivity index (χ4v) is 4.86. The van der Waals surface area contributed by atoms with Crippen LogP contribution >= 0.6 is 0 Å². The van der Waals surface area contributed by atoms with Gasteiger partial charge in [0, 0.05) is 11.6 Å². The zero-order valence-corrected chi connectivity index (χ0v) is 22.4. The molecule has 3 aromatic rings. The van der Waals surface area contributed by atoms with E-state index in [4.69, 9.17) is 23.4 Å². The molecule has 0 unspecified atom stereocenters. The van der Waals surface area contributed by atoms with Crippen molar-refractivity contribution in [1.29, 1.82) is 0 Å². The number of ether oxygens (including phenoxy) is 4. The van der Waals surface area contributed by atoms with E-state index in [1.54, 1.807) is 0 Å². The maximum Gasteiger partial charge on any atom is 0.229 e. The SMILES string of the molecule is O=c1cc(-c2ccc(O)cc2)oc2c(O[C@@H]3O[C@H](CO)[C@H](O)[C@@H](O)[C@@H]3O)c(O)c(O[C@@H]3O[C@H](CO)[C@H](O)[C@H](O)[C@H]3O)c(O)c12. The van der Waals surface area contributed by atoms with Crippen molar-refractivity contribution in [2.45, 2.75) is 61.4 Å². The van der Waals surface area contributed by atoms with Crippen molar-refractivity contribution < 1.29 is 79.5 Å². The Bertz CT molecular complexity index is 1540. The van der Waals surface area contributed by atoms with Crippen LogP contribution < -0.4 is 14.9 Å². The van der Waals surface area contributed by atoms with E-state index in [1.807, 2.05) is 0 Å². The van der Waals surface area contributed by atoms with Gasteiger partial charge in [-0.2, -0.15) is 0 Å². The van der Waals surface area contributed by atoms with Crippen LogP contribution in [0.25, 0.3) is 22.3 Å². The number of rotatable bonds is 7. The van der Waals surface area contributed by atoms with E-state index in [2.05, 4.69) is 0 Å². The summed E-state index contributed by atoms with van der Waals surface area (Å²) in [5.41, 5.74) is -1.33. The highest BCUT2D eigenvalue weighted by Gasteiger charge is 2.47. The van der Waals surface area contributed by atoms with E-state index in [1.165, 1.54) is 24.3 Å². The van der Waals surface area contributed by atoms with E-state index in [0.29, 0.717) is 0 Å². The van der Waals surface area contributed by atoms with Crippen molar-refractivity contribution in [3.63, 3.8) is 0 Å². The third kappa shape index (κ3) is 5.50. The zero-order valence-electron chi connectivity index (χ0n) is 22.4. The molecule has 11 N–H and O–H groups in total. The predicted octanol–water partition coefficient (Wildman–Crippen LogP) is -3.07. The molecular weight excluding hydrogens is 596 g/mol. The first-order valence-electron chi connectivity index (χ1n) is 13.2. The number of benzene rings is 2. The van der Waals surface area contributed by atoms with Gasteiger partial charge in [0.1, 0.15) is 65.7 Å². The third-order valence-electron chi connectivity index (χ3n) is 7.35. The Kier molecular flexibility index (Phi) is 8.87. The standard InChI is InChI=1S/C27H30O17/c28-6-12-15(32)18(35)20(37)26(41-12)43-24-17(34)14-10(31)5-11(8-1-3-9(30)4-2-8)40-23(14)25(22(24)39)44-27-21(38)19(36)16(33)13(7-29)42-27/h1-5,12-13,15-16,18-21,26-30,32-39H,6-7H2/t12-,13-,15+,16+,18+,19-,20-,21+,26+,27+/m1/s1. The number of phenols is 3. The highest BCUT2D eigenvalue weighted by atomic mass is 16.7. The fraction of sp³-hybridized carbons (Fsp3) is 0.444. The van der Waals surface area contributed by atoms with Crippen LogP contribution in [0.15, 0.2) is 39.5 Å². The Morgan fingerprint density at radius 2 is 1.16 bits per heavy atom. The molecule has 0 spiro atoms. The van der Waals surface area contributed by atoms with Crippen molar-refractivity contribution in [3.8, 4) is 40.1 Å². The van der Waals surface area contributed by atoms with E-state index >= 15 is 0 Å². The Morgan fingerprint density at radius 1 is 0.659 bits per heavy atom. The molecule has 0 radical (unpaired) electrons. The zero-order chi connectivity index (χ0) is 32.0. The number of aliphatic hydroxyl groups excluding tert-OH is 8. The highest BCUT2D eigenvalue weighted by Crippen LogP contribution is 2.51. The van der Waals surface area contributed by atoms with Crippen LogP contribution in [0.5, 0.6) is 28.7 Å². The Balaban J connectivity index is 1.67. The normalized spacial score (nSPS) is 32.5. The van der Waals surface area contributed by atoms with Gasteiger partial charge in [0.2, 0.25) is 29.8 Å². The van der Waals surface area contributed by atoms with Crippen molar-refractivity contribution in [2.75, 3.05) is 13.2 Å². The molecule has 44 heavy (non-hydrogen) atoms. The van der Waals surface area contributed by atoms with Gasteiger partial charge in [-0.05, 0) is 24.3 Å². The summed E-state index contributed by atoms with van der Waals surface area (Å²) >= 11 is 0. The van der Waals surface area contributed by atoms with Gasteiger partial charge in [-0.25, -0.2) is 0 Å². The average Bonchev–Trinajstić information content (AvgIpc) is 3.01. The molecule has 2 saturated heterocycles. The second kappa shape index (κ2) is 12.3. The number of hydrogen-bond donors (Lipinski definition) is 11. The molecule has 2 aromatic carbocycles. The molecule has 17 heteroatoms. The molecule has 2 fully saturated rings. The molecular formula is C27H30O17. The van der Waals surface area contributed by atoms with Gasteiger partial charge in [-0.3, -0.25) is 4.79 Å². The minimum Gasteiger partial charge on any atom is -0.508 e. The highest BCUT2D eigenvalue weighted by molar-refractivity contribution is 5.95. The van der Waals surface area contributed by atoms with E-state index in [9.17, 15) is 61.0 Å². The van der Waals surface area contributed by atoms with Crippen LogP contribution in [0.1, 0.15) is 0 Å². The summed E-state index contributed by atoms with van der Waals surface area (Å²) in [7, 11) is 0. The van der Waals surface area contributed by atoms with Crippen LogP contribution in [0.2, 0.25) is 0 Å². The van der Waals surface area contributed by atoms with Gasteiger partial charge in [-0.15, -0.1) is 0 Å². The van der Waals surface area contributed by atoms with Crippen LogP contribution in [0.3, 0.4) is 0 Å². The quantitative estimate of drug-likeness (QED) is 0.124. The topological polar surface area (TPSA) is 290 Å². The molecule has 1 aromatic heterocycles. The maximum absolute atomic E-state index is 13.3. The summed E-state index contributed by atoms with van der Waals surface area (Å²) < 4.78 is 27.5. The minimum absolute atomic E-state index is 0.103. The van der Waals surface area contributed by atoms with Gasteiger partial charge >= 0.3 is 0 Å². The number of hydrogen-bond acceptors (Lipinski definition) is 17. The lowest BCUT2D eigenvalue weighted by Gasteiger charge is -2.40. The first kappa shape index (κ1) is 31.7. The largest absolute Gasteiger partial charge is 0.508 e. The summed E-state index contributed by atoms with van der Waals surface area (Å²) in [6, 6.07) is 6.29. The van der Waals surface area contributed by atoms with Crippen molar-refractivity contribution in [2.24, 2.45) is 0 Å². The predicted molar refractivity (Wildman–Crippen MR) is 142 cm³/mol. The lowest BCUT2D eigenvalue weighted by atomic mass is 9.99. The van der Waals surface area contributed by atoms with Gasteiger partial charge in [-0.1, -0.05) is 0 Å². The minimum atomic E-state index is -2.01. The summed E-state index contributed by atoms with van der Waals surface area (Å²) in [5, 5.41) is 112. The Morgan fingerprint density at radius 3 is 1.66 bits per heavy atom. The molecule has 240 valence electrons. The summed E-state index contributed by atoms with van der Waals surface area (Å²) in [5.74, 6) is -4.28. The van der Waals surface area contributed by atoms with E-state index in [-0.39, 0.29) is 17.1 Å². The summed E-state index contributed by atoms with van der Waals surface area (Å²) in [6.45, 7) is -1.67. The molecule has 17 nitrogen and oxygen atoms in total. The van der Waals surface area contributed by atoms with Gasteiger partial charge in [0.25, 0.3) is 0 Å². The van der Waals surface area contributed by atoms with Gasteiger partial charge in [0.05, 0.1) is 13.2 Å². The smallest absolute Gasteiger partial charge is 0.229 e. The lowest BCUT2D eigenvalue weighted by molar-refractivity contribution is -0.279. The van der Waals surface area contributed by atoms with Gasteiger partial charge < -0.3 is 79.5 Å². The molecule has 2 aliphatic heterocycles. The molecule has 0 amide bonds. The molecule has 3 heterocycles. The molecule has 0 saturated carbocycles. The molecule has 5 rings (SSSR count). The first-order chi connectivity index (χ1) is 20.9. The number of fused-ring (bicyclic) bond motifs is 1. The molecule has 2 aliphatic rings. The van der Waals surface area contributed by atoms with E-state index < -0.39 is 114 Å². The van der Waals surface area contributed by atoms with E-state index in [0.717, 1.165) is 6.07 Å². The first-order valence-corrected chi connectivity index (χ1v) is 13.2. The van der Waals surface area contributed by atoms with Gasteiger partial charge in [0.15, 0.2) is 16.8 Å². The summed E-state index contributed by atoms with van der Waals surface area (Å²) in [4.78, 5) is 13.3. The number of aromatic hydroxyl groups is 3. The number of aliphatic hydroxyl groups is 8. The summed E-state index contributed by atoms with van der Waals surface area (Å²) in [6.07, 6.45) is -18.2. The van der Waals surface area contributed by atoms with Crippen LogP contribution in [0, 0.1) is 0 Å². The molecule has 10 atom stereocenters. The Labute approximate surface area is 246 Å². The molecule has 0 bridgehead atoms. The lowest BCUT2D eigenvalue weighted by Crippen LogP contribution is -2.60. The molecule has 0 aliphatic carbocycles. The van der Waals surface area contributed by atoms with Crippen molar-refractivity contribution in [3.05, 3.63) is 40.6 Å². The second-order valence-corrected chi connectivity index (χ2v) is 10.2. The van der Waals surface area contributed by atoms with Crippen molar-refractivity contribution >= 4 is 11.0 Å². The monoisotopic (exact) mass is 626 g/mol. The fourth-order valence-electron chi connectivity index (χ4n) is 4.86. The maximum atomic E-state index is 13.3. The van der Waals surface area contributed by atoms with Crippen LogP contribution in [0.4, 0.5) is 0 Å². The van der Waals surface area contributed by atoms with Crippen molar-refractivity contribution in [1.82, 2.24) is 0 Å². The van der Waals surface area contributed by atoms with Crippen LogP contribution in [-0.2, 0) is 9.47 Å². The van der Waals surface area contributed by atoms with Crippen LogP contribution in [-0.4, -0.2) is 131 Å². The second-order valence-electron chi connectivity index (χ2n) is 10.2. The third-order valence-corrected chi connectivity index (χ3v) is 7.35. The number of phenolic OH excluding ortho intramolecular Hbond substituents is 3.